The average molecular weight is 492 g/mol. The van der Waals surface area contributed by atoms with Gasteiger partial charge in [-0.2, -0.15) is 31.4 Å². The molecule has 0 aliphatic carbocycles. The summed E-state index contributed by atoms with van der Waals surface area (Å²) < 4.78 is 103. The molecule has 0 radical (unpaired) electrons. The Kier molecular flexibility index (Phi) is 6.24. The predicted molar refractivity (Wildman–Crippen MR) is 101 cm³/mol. The minimum atomic E-state index is -4.75. The molecule has 0 aliphatic heterocycles. The molecule has 1 amide bonds. The van der Waals surface area contributed by atoms with Crippen LogP contribution in [0.25, 0.3) is 0 Å². The molecular formula is C19H14F6N4O3S. The summed E-state index contributed by atoms with van der Waals surface area (Å²) in [7, 11) is -3.20. The lowest BCUT2D eigenvalue weighted by atomic mass is 10.2. The van der Waals surface area contributed by atoms with Crippen LogP contribution < -0.4 is 5.32 Å². The van der Waals surface area contributed by atoms with Crippen molar-refractivity contribution in [2.24, 2.45) is 7.05 Å². The van der Waals surface area contributed by atoms with Gasteiger partial charge in [-0.25, -0.2) is 8.42 Å². The molecule has 0 spiro atoms. The third-order valence-electron chi connectivity index (χ3n) is 4.40. The van der Waals surface area contributed by atoms with Gasteiger partial charge in [-0.05, 0) is 30.3 Å². The summed E-state index contributed by atoms with van der Waals surface area (Å²) in [4.78, 5) is 15.1. The Labute approximate surface area is 183 Å². The van der Waals surface area contributed by atoms with Crippen LogP contribution >= 0.6 is 0 Å². The fraction of sp³-hybridized carbons (Fsp3) is 0.211. The number of aryl methyl sites for hydroxylation is 1. The number of nitrogens with one attached hydrogen (secondary N) is 1. The second-order valence-corrected chi connectivity index (χ2v) is 8.68. The molecule has 0 unspecified atom stereocenters. The average Bonchev–Trinajstić information content (AvgIpc) is 3.14. The maximum absolute atomic E-state index is 12.9. The van der Waals surface area contributed by atoms with Gasteiger partial charge in [0.1, 0.15) is 5.69 Å². The predicted octanol–water partition coefficient (Wildman–Crippen LogP) is 3.62. The summed E-state index contributed by atoms with van der Waals surface area (Å²) >= 11 is 0. The van der Waals surface area contributed by atoms with E-state index in [1.807, 2.05) is 0 Å². The van der Waals surface area contributed by atoms with E-state index in [-0.39, 0.29) is 17.1 Å². The highest BCUT2D eigenvalue weighted by molar-refractivity contribution is 7.91. The van der Waals surface area contributed by atoms with Crippen molar-refractivity contribution in [1.29, 1.82) is 0 Å². The van der Waals surface area contributed by atoms with Gasteiger partial charge in [0.05, 0.1) is 27.6 Å². The number of hydrogen-bond donors (Lipinski definition) is 1. The summed E-state index contributed by atoms with van der Waals surface area (Å²) in [5, 5.41) is 5.51. The van der Waals surface area contributed by atoms with Gasteiger partial charge in [-0.15, -0.1) is 0 Å². The summed E-state index contributed by atoms with van der Waals surface area (Å²) in [5.41, 5.74) is -2.79. The van der Waals surface area contributed by atoms with Gasteiger partial charge in [0.15, 0.2) is 5.69 Å². The first-order valence-corrected chi connectivity index (χ1v) is 10.4. The van der Waals surface area contributed by atoms with Crippen molar-refractivity contribution in [2.75, 3.05) is 0 Å². The molecule has 0 fully saturated rings. The van der Waals surface area contributed by atoms with Gasteiger partial charge in [0.25, 0.3) is 5.91 Å². The maximum Gasteiger partial charge on any atom is 0.435 e. The molecule has 3 aromatic rings. The van der Waals surface area contributed by atoms with Crippen molar-refractivity contribution in [1.82, 2.24) is 20.1 Å². The SMILES string of the molecule is Cn1nc(C(F)(F)F)cc1C(=O)NCc1cc(S(=O)(=O)c2cccc(C(F)(F)F)c2)ccn1. The molecule has 3 rings (SSSR count). The van der Waals surface area contributed by atoms with Crippen molar-refractivity contribution in [3.63, 3.8) is 0 Å². The summed E-state index contributed by atoms with van der Waals surface area (Å²) in [5.74, 6) is -0.923. The molecular weight excluding hydrogens is 478 g/mol. The lowest BCUT2D eigenvalue weighted by molar-refractivity contribution is -0.141. The Bertz CT molecular complexity index is 1300. The number of amides is 1. The van der Waals surface area contributed by atoms with E-state index in [4.69, 9.17) is 0 Å². The fourth-order valence-corrected chi connectivity index (χ4v) is 4.12. The number of aromatic nitrogens is 3. The quantitative estimate of drug-likeness (QED) is 0.550. The van der Waals surface area contributed by atoms with Gasteiger partial charge < -0.3 is 5.32 Å². The molecule has 33 heavy (non-hydrogen) atoms. The Morgan fingerprint density at radius 2 is 1.67 bits per heavy atom. The number of rotatable bonds is 5. The van der Waals surface area contributed by atoms with Crippen LogP contribution in [0.5, 0.6) is 0 Å². The Hall–Kier alpha value is -3.42. The third-order valence-corrected chi connectivity index (χ3v) is 6.15. The van der Waals surface area contributed by atoms with Gasteiger partial charge in [-0.1, -0.05) is 6.07 Å². The highest BCUT2D eigenvalue weighted by atomic mass is 32.2. The smallest absolute Gasteiger partial charge is 0.345 e. The van der Waals surface area contributed by atoms with Crippen molar-refractivity contribution in [2.45, 2.75) is 28.7 Å². The Morgan fingerprint density at radius 3 is 2.27 bits per heavy atom. The van der Waals surface area contributed by atoms with Crippen LogP contribution in [0.2, 0.25) is 0 Å². The zero-order chi connectivity index (χ0) is 24.6. The van der Waals surface area contributed by atoms with Crippen molar-refractivity contribution < 1.29 is 39.6 Å². The molecule has 0 atom stereocenters. The lowest BCUT2D eigenvalue weighted by Crippen LogP contribution is -2.25. The number of alkyl halides is 6. The van der Waals surface area contributed by atoms with E-state index >= 15 is 0 Å². The summed E-state index contributed by atoms with van der Waals surface area (Å²) in [6.45, 7) is -0.364. The van der Waals surface area contributed by atoms with Gasteiger partial charge in [0.2, 0.25) is 9.84 Å². The largest absolute Gasteiger partial charge is 0.435 e. The van der Waals surface area contributed by atoms with E-state index in [9.17, 15) is 39.6 Å². The molecule has 14 heteroatoms. The highest BCUT2D eigenvalue weighted by Gasteiger charge is 2.35. The van der Waals surface area contributed by atoms with E-state index in [1.54, 1.807) is 0 Å². The van der Waals surface area contributed by atoms with Crippen molar-refractivity contribution >= 4 is 15.7 Å². The van der Waals surface area contributed by atoms with E-state index in [1.165, 1.54) is 0 Å². The first kappa shape index (κ1) is 24.2. The molecule has 2 heterocycles. The molecule has 0 saturated heterocycles. The third kappa shape index (κ3) is 5.32. The van der Waals surface area contributed by atoms with Crippen LogP contribution in [0, 0.1) is 0 Å². The van der Waals surface area contributed by atoms with E-state index in [0.717, 1.165) is 48.3 Å². The zero-order valence-electron chi connectivity index (χ0n) is 16.6. The number of nitrogens with zero attached hydrogens (tertiary/aromatic N) is 3. The maximum atomic E-state index is 12.9. The molecule has 0 saturated carbocycles. The number of hydrogen-bond acceptors (Lipinski definition) is 5. The number of carbonyl (C=O) groups excluding carboxylic acids is 1. The summed E-state index contributed by atoms with van der Waals surface area (Å²) in [6, 6.07) is 5.86. The highest BCUT2D eigenvalue weighted by Crippen LogP contribution is 2.32. The van der Waals surface area contributed by atoms with Crippen molar-refractivity contribution in [3.05, 3.63) is 71.3 Å². The number of carbonyl (C=O) groups is 1. The fourth-order valence-electron chi connectivity index (χ4n) is 2.78. The van der Waals surface area contributed by atoms with Crippen LogP contribution in [-0.2, 0) is 35.8 Å². The second kappa shape index (κ2) is 8.50. The number of halogens is 6. The van der Waals surface area contributed by atoms with Crippen LogP contribution in [0.15, 0.2) is 58.5 Å². The monoisotopic (exact) mass is 492 g/mol. The van der Waals surface area contributed by atoms with Crippen molar-refractivity contribution in [3.8, 4) is 0 Å². The molecule has 1 aromatic carbocycles. The number of benzene rings is 1. The molecule has 176 valence electrons. The molecule has 0 bridgehead atoms. The van der Waals surface area contributed by atoms with Crippen LogP contribution in [0.3, 0.4) is 0 Å². The molecule has 2 aromatic heterocycles. The standard InChI is InChI=1S/C19H14F6N4O3S/c1-29-15(9-16(28-29)19(23,24)25)17(30)27-10-12-8-14(5-6-26-12)33(31,32)13-4-2-3-11(7-13)18(20,21)22/h2-9H,10H2,1H3,(H,27,30). The topological polar surface area (TPSA) is 94.0 Å². The van der Waals surface area contributed by atoms with Gasteiger partial charge in [-0.3, -0.25) is 14.5 Å². The molecule has 7 nitrogen and oxygen atoms in total. The van der Waals surface area contributed by atoms with Crippen LogP contribution in [0.4, 0.5) is 26.3 Å². The van der Waals surface area contributed by atoms with E-state index in [0.29, 0.717) is 12.1 Å². The molecule has 0 aliphatic rings. The zero-order valence-corrected chi connectivity index (χ0v) is 17.4. The number of pyridine rings is 1. The normalized spacial score (nSPS) is 12.6. The van der Waals surface area contributed by atoms with Gasteiger partial charge in [0, 0.05) is 19.3 Å². The van der Waals surface area contributed by atoms with Crippen LogP contribution in [0.1, 0.15) is 27.4 Å². The molecule has 1 N–H and O–H groups in total. The second-order valence-electron chi connectivity index (χ2n) is 6.73. The first-order valence-electron chi connectivity index (χ1n) is 8.96. The minimum absolute atomic E-state index is 0.00890. The number of sulfone groups is 1. The Morgan fingerprint density at radius 1 is 1.00 bits per heavy atom. The van der Waals surface area contributed by atoms with Gasteiger partial charge >= 0.3 is 12.4 Å². The summed E-state index contributed by atoms with van der Waals surface area (Å²) in [6.07, 6.45) is -8.41. The lowest BCUT2D eigenvalue weighted by Gasteiger charge is -2.10. The first-order chi connectivity index (χ1) is 15.2. The van der Waals surface area contributed by atoms with Crippen LogP contribution in [-0.4, -0.2) is 29.1 Å². The minimum Gasteiger partial charge on any atom is -0.345 e. The van der Waals surface area contributed by atoms with E-state index < -0.39 is 49.9 Å². The Balaban J connectivity index is 1.81. The van der Waals surface area contributed by atoms with E-state index in [2.05, 4.69) is 15.4 Å².